The number of nitrogens with one attached hydrogen (secondary N) is 2. The molecule has 0 bridgehead atoms. The molecule has 0 aromatic heterocycles. The topological polar surface area (TPSA) is 207 Å². The van der Waals surface area contributed by atoms with E-state index in [0.717, 1.165) is 21.6 Å². The zero-order chi connectivity index (χ0) is 28.2. The van der Waals surface area contributed by atoms with Crippen LogP contribution in [0.2, 0.25) is 0 Å². The predicted octanol–water partition coefficient (Wildman–Crippen LogP) is 2.58. The second kappa shape index (κ2) is 14.6. The molecule has 0 aliphatic rings. The lowest BCUT2D eigenvalue weighted by Crippen LogP contribution is -2.41. The second-order valence-corrected chi connectivity index (χ2v) is 9.97. The van der Waals surface area contributed by atoms with E-state index in [1.54, 1.807) is 36.4 Å². The van der Waals surface area contributed by atoms with Crippen molar-refractivity contribution < 1.29 is 49.2 Å². The fourth-order valence-corrected chi connectivity index (χ4v) is 5.43. The van der Waals surface area contributed by atoms with Gasteiger partial charge in [-0.25, -0.2) is 9.59 Å². The van der Waals surface area contributed by atoms with E-state index in [4.69, 9.17) is 10.2 Å². The average molecular weight is 565 g/mol. The van der Waals surface area contributed by atoms with Crippen molar-refractivity contribution in [2.45, 2.75) is 47.6 Å². The van der Waals surface area contributed by atoms with Crippen LogP contribution in [-0.2, 0) is 19.2 Å². The molecule has 38 heavy (non-hydrogen) atoms. The summed E-state index contributed by atoms with van der Waals surface area (Å²) in [5.41, 5.74) is 0.265. The molecule has 2 amide bonds. The number of benzene rings is 2. The van der Waals surface area contributed by atoms with Gasteiger partial charge in [0.2, 0.25) is 0 Å². The molecule has 2 aromatic carbocycles. The number of hydrogen-bond donors (Lipinski definition) is 6. The Kier molecular flexibility index (Phi) is 11.6. The van der Waals surface area contributed by atoms with Gasteiger partial charge in [-0.3, -0.25) is 19.2 Å². The molecule has 0 heterocycles. The first kappa shape index (κ1) is 30.2. The van der Waals surface area contributed by atoms with Crippen LogP contribution in [0.25, 0.3) is 0 Å². The van der Waals surface area contributed by atoms with Crippen LogP contribution in [-0.4, -0.2) is 68.2 Å². The largest absolute Gasteiger partial charge is 0.481 e. The maximum absolute atomic E-state index is 12.8. The molecule has 0 radical (unpaired) electrons. The number of carbonyl (C=O) groups excluding carboxylic acids is 2. The summed E-state index contributed by atoms with van der Waals surface area (Å²) in [6, 6.07) is 9.77. The summed E-state index contributed by atoms with van der Waals surface area (Å²) in [7, 11) is 2.19. The Morgan fingerprint density at radius 3 is 1.26 bits per heavy atom. The second-order valence-electron chi connectivity index (χ2n) is 7.75. The molecule has 0 spiro atoms. The van der Waals surface area contributed by atoms with Gasteiger partial charge in [-0.15, -0.1) is 0 Å². The number of carbonyl (C=O) groups is 6. The van der Waals surface area contributed by atoms with E-state index >= 15 is 0 Å². The Morgan fingerprint density at radius 1 is 0.605 bits per heavy atom. The van der Waals surface area contributed by atoms with E-state index in [2.05, 4.69) is 10.6 Å². The number of aliphatic carboxylic acids is 4. The number of amides is 2. The summed E-state index contributed by atoms with van der Waals surface area (Å²) < 4.78 is 0. The van der Waals surface area contributed by atoms with Crippen molar-refractivity contribution in [3.8, 4) is 0 Å². The SMILES string of the molecule is O=C(O)CCC(NC(=O)c1ccccc1SSc1ccccc1C(=O)NC(CCC(=O)O)C(=O)O)C(=O)O. The number of hydrogen-bond acceptors (Lipinski definition) is 8. The molecule has 0 saturated carbocycles. The lowest BCUT2D eigenvalue weighted by atomic mass is 10.1. The van der Waals surface area contributed by atoms with Gasteiger partial charge < -0.3 is 31.1 Å². The van der Waals surface area contributed by atoms with E-state index in [1.165, 1.54) is 12.1 Å². The lowest BCUT2D eigenvalue weighted by molar-refractivity contribution is -0.142. The molecule has 0 aliphatic heterocycles. The monoisotopic (exact) mass is 564 g/mol. The average Bonchev–Trinajstić information content (AvgIpc) is 2.87. The standard InChI is InChI=1S/C24H24N2O10S2/c27-19(28)11-9-15(23(33)34)25-21(31)13-5-1-3-7-17(13)37-38-18-8-4-2-6-14(18)22(32)26-16(24(35)36)10-12-20(29)30/h1-8,15-16H,9-12H2,(H,25,31)(H,26,32)(H,27,28)(H,29,30)(H,33,34)(H,35,36). The summed E-state index contributed by atoms with van der Waals surface area (Å²) in [6.07, 6.45) is -1.48. The van der Waals surface area contributed by atoms with Crippen LogP contribution >= 0.6 is 21.6 Å². The minimum Gasteiger partial charge on any atom is -0.481 e. The molecule has 0 saturated heterocycles. The van der Waals surface area contributed by atoms with Crippen LogP contribution in [0.4, 0.5) is 0 Å². The first-order valence-electron chi connectivity index (χ1n) is 11.0. The summed E-state index contributed by atoms with van der Waals surface area (Å²) in [5, 5.41) is 40.9. The van der Waals surface area contributed by atoms with Crippen molar-refractivity contribution in [2.24, 2.45) is 0 Å². The maximum atomic E-state index is 12.8. The van der Waals surface area contributed by atoms with Gasteiger partial charge >= 0.3 is 23.9 Å². The highest BCUT2D eigenvalue weighted by molar-refractivity contribution is 8.76. The van der Waals surface area contributed by atoms with Crippen molar-refractivity contribution in [1.29, 1.82) is 0 Å². The molecular formula is C24H24N2O10S2. The first-order valence-corrected chi connectivity index (χ1v) is 13.2. The van der Waals surface area contributed by atoms with Crippen LogP contribution in [0.5, 0.6) is 0 Å². The molecule has 0 aliphatic carbocycles. The molecule has 202 valence electrons. The van der Waals surface area contributed by atoms with Gasteiger partial charge in [0.05, 0.1) is 11.1 Å². The lowest BCUT2D eigenvalue weighted by Gasteiger charge is -2.16. The van der Waals surface area contributed by atoms with Crippen molar-refractivity contribution in [3.63, 3.8) is 0 Å². The van der Waals surface area contributed by atoms with E-state index in [1.807, 2.05) is 0 Å². The predicted molar refractivity (Wildman–Crippen MR) is 136 cm³/mol. The minimum atomic E-state index is -1.41. The number of carboxylic acid groups (broad SMARTS) is 4. The van der Waals surface area contributed by atoms with Crippen molar-refractivity contribution in [3.05, 3.63) is 59.7 Å². The minimum absolute atomic E-state index is 0.133. The number of carboxylic acids is 4. The Morgan fingerprint density at radius 2 is 0.947 bits per heavy atom. The molecule has 2 aromatic rings. The molecular weight excluding hydrogens is 540 g/mol. The summed E-state index contributed by atoms with van der Waals surface area (Å²) in [5.74, 6) is -6.58. The van der Waals surface area contributed by atoms with Crippen LogP contribution in [0, 0.1) is 0 Å². The molecule has 6 N–H and O–H groups in total. The van der Waals surface area contributed by atoms with Crippen molar-refractivity contribution in [2.75, 3.05) is 0 Å². The summed E-state index contributed by atoms with van der Waals surface area (Å²) in [4.78, 5) is 70.9. The fraction of sp³-hybridized carbons (Fsp3) is 0.250. The summed E-state index contributed by atoms with van der Waals surface area (Å²) >= 11 is 0. The third kappa shape index (κ3) is 9.44. The Balaban J connectivity index is 2.17. The Labute approximate surface area is 224 Å². The van der Waals surface area contributed by atoms with Crippen LogP contribution in [0.15, 0.2) is 58.3 Å². The zero-order valence-corrected chi connectivity index (χ0v) is 21.3. The summed E-state index contributed by atoms with van der Waals surface area (Å²) in [6.45, 7) is 0. The first-order chi connectivity index (χ1) is 18.0. The highest BCUT2D eigenvalue weighted by Gasteiger charge is 2.25. The van der Waals surface area contributed by atoms with E-state index in [9.17, 15) is 39.0 Å². The van der Waals surface area contributed by atoms with Gasteiger partial charge in [0.25, 0.3) is 11.8 Å². The van der Waals surface area contributed by atoms with Gasteiger partial charge in [0.1, 0.15) is 12.1 Å². The van der Waals surface area contributed by atoms with Gasteiger partial charge in [-0.2, -0.15) is 0 Å². The van der Waals surface area contributed by atoms with E-state index < -0.39 is 60.6 Å². The molecule has 2 unspecified atom stereocenters. The maximum Gasteiger partial charge on any atom is 0.326 e. The quantitative estimate of drug-likeness (QED) is 0.173. The van der Waals surface area contributed by atoms with Crippen LogP contribution in [0.3, 0.4) is 0 Å². The van der Waals surface area contributed by atoms with Crippen LogP contribution < -0.4 is 10.6 Å². The Bertz CT molecular complexity index is 1130. The zero-order valence-electron chi connectivity index (χ0n) is 19.7. The smallest absolute Gasteiger partial charge is 0.326 e. The Hall–Kier alpha value is -4.04. The highest BCUT2D eigenvalue weighted by atomic mass is 33.1. The van der Waals surface area contributed by atoms with Gasteiger partial charge in [0, 0.05) is 22.6 Å². The van der Waals surface area contributed by atoms with Gasteiger partial charge in [-0.1, -0.05) is 45.9 Å². The molecule has 12 nitrogen and oxygen atoms in total. The van der Waals surface area contributed by atoms with Gasteiger partial charge in [0.15, 0.2) is 0 Å². The van der Waals surface area contributed by atoms with E-state index in [-0.39, 0.29) is 24.0 Å². The third-order valence-electron chi connectivity index (χ3n) is 4.99. The van der Waals surface area contributed by atoms with Gasteiger partial charge in [-0.05, 0) is 37.1 Å². The van der Waals surface area contributed by atoms with Crippen molar-refractivity contribution in [1.82, 2.24) is 10.6 Å². The molecule has 2 rings (SSSR count). The normalized spacial score (nSPS) is 12.1. The van der Waals surface area contributed by atoms with E-state index in [0.29, 0.717) is 9.79 Å². The molecule has 2 atom stereocenters. The molecule has 14 heteroatoms. The fourth-order valence-electron chi connectivity index (χ4n) is 3.07. The molecule has 0 fully saturated rings. The van der Waals surface area contributed by atoms with Crippen molar-refractivity contribution >= 4 is 57.3 Å². The van der Waals surface area contributed by atoms with Crippen LogP contribution in [0.1, 0.15) is 46.4 Å². The highest BCUT2D eigenvalue weighted by Crippen LogP contribution is 2.40. The number of rotatable bonds is 15. The third-order valence-corrected chi connectivity index (χ3v) is 7.47.